The van der Waals surface area contributed by atoms with Crippen molar-refractivity contribution < 1.29 is 23.8 Å². The normalized spacial score (nSPS) is 13.8. The Morgan fingerprint density at radius 3 is 2.72 bits per heavy atom. The molecule has 1 aliphatic carbocycles. The molecular formula is C18H17FN2O4. The number of carbonyl (C=O) groups excluding carboxylic acids is 1. The van der Waals surface area contributed by atoms with Crippen molar-refractivity contribution in [2.75, 3.05) is 5.32 Å². The van der Waals surface area contributed by atoms with Crippen LogP contribution in [0.2, 0.25) is 0 Å². The number of amides is 1. The van der Waals surface area contributed by atoms with E-state index in [2.05, 4.69) is 10.3 Å². The predicted octanol–water partition coefficient (Wildman–Crippen LogP) is 3.03. The van der Waals surface area contributed by atoms with Gasteiger partial charge in [-0.25, -0.2) is 9.37 Å². The number of aliphatic carboxylic acids is 1. The summed E-state index contributed by atoms with van der Waals surface area (Å²) in [6.45, 7) is 0. The number of nitrogens with zero attached hydrogens (tertiary/aromatic N) is 1. The molecule has 1 aliphatic rings. The predicted molar refractivity (Wildman–Crippen MR) is 88.2 cm³/mol. The number of rotatable bonds is 6. The molecule has 0 spiro atoms. The maximum Gasteiger partial charge on any atom is 0.307 e. The van der Waals surface area contributed by atoms with Crippen LogP contribution in [0.5, 0.6) is 5.88 Å². The van der Waals surface area contributed by atoms with Crippen LogP contribution in [0.4, 0.5) is 10.1 Å². The largest absolute Gasteiger partial charge is 0.481 e. The molecule has 2 aromatic rings. The van der Waals surface area contributed by atoms with Crippen LogP contribution < -0.4 is 10.1 Å². The molecule has 130 valence electrons. The summed E-state index contributed by atoms with van der Waals surface area (Å²) in [4.78, 5) is 27.0. The first-order chi connectivity index (χ1) is 12.0. The van der Waals surface area contributed by atoms with Gasteiger partial charge in [0.05, 0.1) is 6.42 Å². The van der Waals surface area contributed by atoms with Gasteiger partial charge in [0.15, 0.2) is 0 Å². The van der Waals surface area contributed by atoms with E-state index in [1.54, 1.807) is 6.07 Å². The summed E-state index contributed by atoms with van der Waals surface area (Å²) in [5.74, 6) is -1.83. The second-order valence-corrected chi connectivity index (χ2v) is 5.88. The molecule has 0 atom stereocenters. The van der Waals surface area contributed by atoms with E-state index in [1.807, 2.05) is 0 Å². The maximum atomic E-state index is 13.9. The minimum absolute atomic E-state index is 0.0607. The summed E-state index contributed by atoms with van der Waals surface area (Å²) >= 11 is 0. The molecule has 25 heavy (non-hydrogen) atoms. The number of nitrogens with one attached hydrogen (secondary N) is 1. The van der Waals surface area contributed by atoms with Crippen LogP contribution in [0.3, 0.4) is 0 Å². The summed E-state index contributed by atoms with van der Waals surface area (Å²) < 4.78 is 19.5. The van der Waals surface area contributed by atoms with Crippen LogP contribution in [0.15, 0.2) is 36.5 Å². The molecular weight excluding hydrogens is 327 g/mol. The standard InChI is InChI=1S/C18H17FN2O4/c19-15-10-13(5-4-11(15)9-17(22)23)21-18(24)12-6-7-20-16(8-12)25-14-2-1-3-14/h4-8,10,14H,1-3,9H2,(H,21,24)(H,22,23). The van der Waals surface area contributed by atoms with E-state index in [-0.39, 0.29) is 17.4 Å². The Morgan fingerprint density at radius 1 is 1.28 bits per heavy atom. The molecule has 0 radical (unpaired) electrons. The molecule has 1 fully saturated rings. The van der Waals surface area contributed by atoms with Crippen LogP contribution in [0.1, 0.15) is 35.2 Å². The number of anilines is 1. The van der Waals surface area contributed by atoms with Gasteiger partial charge in [-0.1, -0.05) is 6.07 Å². The number of halogens is 1. The lowest BCUT2D eigenvalue weighted by Gasteiger charge is -2.25. The van der Waals surface area contributed by atoms with E-state index in [9.17, 15) is 14.0 Å². The Morgan fingerprint density at radius 2 is 2.08 bits per heavy atom. The first-order valence-electron chi connectivity index (χ1n) is 7.95. The van der Waals surface area contributed by atoms with Crippen molar-refractivity contribution in [1.29, 1.82) is 0 Å². The second kappa shape index (κ2) is 7.29. The molecule has 7 heteroatoms. The van der Waals surface area contributed by atoms with Gasteiger partial charge in [-0.15, -0.1) is 0 Å². The minimum Gasteiger partial charge on any atom is -0.481 e. The first kappa shape index (κ1) is 16.9. The third-order valence-electron chi connectivity index (χ3n) is 3.99. The third kappa shape index (κ3) is 4.32. The topological polar surface area (TPSA) is 88.5 Å². The number of benzene rings is 1. The highest BCUT2D eigenvalue weighted by Gasteiger charge is 2.20. The molecule has 1 saturated carbocycles. The zero-order chi connectivity index (χ0) is 17.8. The van der Waals surface area contributed by atoms with Gasteiger partial charge in [0, 0.05) is 23.5 Å². The van der Waals surface area contributed by atoms with Crippen LogP contribution >= 0.6 is 0 Å². The van der Waals surface area contributed by atoms with Crippen molar-refractivity contribution in [1.82, 2.24) is 4.98 Å². The molecule has 0 unspecified atom stereocenters. The van der Waals surface area contributed by atoms with Gasteiger partial charge in [-0.05, 0) is 43.0 Å². The quantitative estimate of drug-likeness (QED) is 0.841. The number of hydrogen-bond donors (Lipinski definition) is 2. The van der Waals surface area contributed by atoms with E-state index in [0.29, 0.717) is 11.4 Å². The van der Waals surface area contributed by atoms with Gasteiger partial charge in [0.25, 0.3) is 5.91 Å². The van der Waals surface area contributed by atoms with Gasteiger partial charge >= 0.3 is 5.97 Å². The Balaban J connectivity index is 1.68. The summed E-state index contributed by atoms with van der Waals surface area (Å²) in [7, 11) is 0. The van der Waals surface area contributed by atoms with Crippen LogP contribution in [0.25, 0.3) is 0 Å². The van der Waals surface area contributed by atoms with Crippen molar-refractivity contribution in [2.45, 2.75) is 31.8 Å². The summed E-state index contributed by atoms with van der Waals surface area (Å²) in [5, 5.41) is 11.3. The summed E-state index contributed by atoms with van der Waals surface area (Å²) in [5.41, 5.74) is 0.653. The molecule has 0 saturated heterocycles. The monoisotopic (exact) mass is 344 g/mol. The number of pyridine rings is 1. The van der Waals surface area contributed by atoms with Crippen molar-refractivity contribution in [3.05, 3.63) is 53.5 Å². The van der Waals surface area contributed by atoms with E-state index in [1.165, 1.54) is 24.4 Å². The van der Waals surface area contributed by atoms with Gasteiger partial charge in [-0.2, -0.15) is 0 Å². The number of hydrogen-bond acceptors (Lipinski definition) is 4. The zero-order valence-corrected chi connectivity index (χ0v) is 13.4. The van der Waals surface area contributed by atoms with Crippen LogP contribution in [0, 0.1) is 5.82 Å². The molecule has 1 aromatic heterocycles. The lowest BCUT2D eigenvalue weighted by Crippen LogP contribution is -2.25. The highest BCUT2D eigenvalue weighted by Crippen LogP contribution is 2.24. The number of carboxylic acids is 1. The smallest absolute Gasteiger partial charge is 0.307 e. The molecule has 2 N–H and O–H groups in total. The van der Waals surface area contributed by atoms with Gasteiger partial charge in [0.1, 0.15) is 11.9 Å². The molecule has 6 nitrogen and oxygen atoms in total. The molecule has 1 amide bonds. The summed E-state index contributed by atoms with van der Waals surface area (Å²) in [6, 6.07) is 6.99. The van der Waals surface area contributed by atoms with Gasteiger partial charge in [0.2, 0.25) is 5.88 Å². The Hall–Kier alpha value is -2.96. The SMILES string of the molecule is O=C(O)Cc1ccc(NC(=O)c2ccnc(OC3CCC3)c2)cc1F. The fourth-order valence-corrected chi connectivity index (χ4v) is 2.41. The van der Waals surface area contributed by atoms with Crippen molar-refractivity contribution in [3.63, 3.8) is 0 Å². The molecule has 3 rings (SSSR count). The fraction of sp³-hybridized carbons (Fsp3) is 0.278. The average molecular weight is 344 g/mol. The first-order valence-corrected chi connectivity index (χ1v) is 7.95. The number of carbonyl (C=O) groups is 2. The van der Waals surface area contributed by atoms with E-state index >= 15 is 0 Å². The maximum absolute atomic E-state index is 13.9. The zero-order valence-electron chi connectivity index (χ0n) is 13.4. The minimum atomic E-state index is -1.12. The second-order valence-electron chi connectivity index (χ2n) is 5.88. The number of ether oxygens (including phenoxy) is 1. The van der Waals surface area contributed by atoms with Crippen molar-refractivity contribution in [2.24, 2.45) is 0 Å². The Bertz CT molecular complexity index is 805. The van der Waals surface area contributed by atoms with Gasteiger partial charge in [-0.3, -0.25) is 9.59 Å². The average Bonchev–Trinajstić information content (AvgIpc) is 2.53. The van der Waals surface area contributed by atoms with E-state index in [4.69, 9.17) is 9.84 Å². The van der Waals surface area contributed by atoms with Crippen LogP contribution in [-0.4, -0.2) is 28.1 Å². The highest BCUT2D eigenvalue weighted by molar-refractivity contribution is 6.04. The van der Waals surface area contributed by atoms with Crippen LogP contribution in [-0.2, 0) is 11.2 Å². The highest BCUT2D eigenvalue weighted by atomic mass is 19.1. The molecule has 1 heterocycles. The lowest BCUT2D eigenvalue weighted by atomic mass is 9.96. The third-order valence-corrected chi connectivity index (χ3v) is 3.99. The Kier molecular flexibility index (Phi) is 4.92. The number of aromatic nitrogens is 1. The Labute approximate surface area is 143 Å². The summed E-state index contributed by atoms with van der Waals surface area (Å²) in [6.07, 6.45) is 4.34. The molecule has 0 aliphatic heterocycles. The van der Waals surface area contributed by atoms with Crippen molar-refractivity contribution >= 4 is 17.6 Å². The number of carboxylic acid groups (broad SMARTS) is 1. The molecule has 0 bridgehead atoms. The van der Waals surface area contributed by atoms with Gasteiger partial charge < -0.3 is 15.2 Å². The van der Waals surface area contributed by atoms with Crippen molar-refractivity contribution in [3.8, 4) is 5.88 Å². The lowest BCUT2D eigenvalue weighted by molar-refractivity contribution is -0.136. The fourth-order valence-electron chi connectivity index (χ4n) is 2.41. The van der Waals surface area contributed by atoms with E-state index < -0.39 is 24.1 Å². The molecule has 1 aromatic carbocycles. The van der Waals surface area contributed by atoms with E-state index in [0.717, 1.165) is 25.3 Å².